The number of amides is 2. The van der Waals surface area contributed by atoms with Gasteiger partial charge in [0, 0.05) is 6.04 Å². The molecule has 0 aromatic rings. The highest BCUT2D eigenvalue weighted by Gasteiger charge is 2.46. The van der Waals surface area contributed by atoms with E-state index >= 15 is 0 Å². The number of hydrogen-bond donors (Lipinski definition) is 1. The topological polar surface area (TPSA) is 49.4 Å². The van der Waals surface area contributed by atoms with E-state index in [1.807, 2.05) is 13.8 Å². The summed E-state index contributed by atoms with van der Waals surface area (Å²) in [4.78, 5) is 25.2. The van der Waals surface area contributed by atoms with Crippen molar-refractivity contribution in [2.75, 3.05) is 6.54 Å². The standard InChI is InChI=1S/C10H16N2O2/c1-3-10(2)9(14)12(7-4-5-7)6-8(13)11-10/h7H,3-6H2,1-2H3,(H,11,13). The molecule has 1 aliphatic heterocycles. The first-order valence-electron chi connectivity index (χ1n) is 5.19. The molecule has 1 atom stereocenters. The van der Waals surface area contributed by atoms with E-state index in [9.17, 15) is 9.59 Å². The molecule has 1 saturated heterocycles. The van der Waals surface area contributed by atoms with Gasteiger partial charge in [0.05, 0.1) is 6.54 Å². The number of rotatable bonds is 2. The fourth-order valence-corrected chi connectivity index (χ4v) is 1.86. The van der Waals surface area contributed by atoms with Crippen LogP contribution >= 0.6 is 0 Å². The van der Waals surface area contributed by atoms with Crippen molar-refractivity contribution in [1.29, 1.82) is 0 Å². The van der Waals surface area contributed by atoms with Gasteiger partial charge in [0.15, 0.2) is 0 Å². The van der Waals surface area contributed by atoms with Gasteiger partial charge in [-0.15, -0.1) is 0 Å². The largest absolute Gasteiger partial charge is 0.340 e. The third-order valence-electron chi connectivity index (χ3n) is 3.16. The normalized spacial score (nSPS) is 33.1. The van der Waals surface area contributed by atoms with Crippen molar-refractivity contribution in [3.05, 3.63) is 0 Å². The van der Waals surface area contributed by atoms with Crippen LogP contribution in [0, 0.1) is 0 Å². The summed E-state index contributed by atoms with van der Waals surface area (Å²) in [6, 6.07) is 0.333. The van der Waals surface area contributed by atoms with E-state index in [2.05, 4.69) is 5.32 Å². The maximum atomic E-state index is 12.0. The molecule has 0 bridgehead atoms. The number of carbonyl (C=O) groups is 2. The zero-order valence-corrected chi connectivity index (χ0v) is 8.67. The van der Waals surface area contributed by atoms with Gasteiger partial charge < -0.3 is 10.2 Å². The summed E-state index contributed by atoms with van der Waals surface area (Å²) in [6.07, 6.45) is 2.76. The molecule has 2 amide bonds. The number of piperazine rings is 1. The lowest BCUT2D eigenvalue weighted by Crippen LogP contribution is -2.65. The van der Waals surface area contributed by atoms with Crippen LogP contribution in [0.15, 0.2) is 0 Å². The van der Waals surface area contributed by atoms with Crippen LogP contribution < -0.4 is 5.32 Å². The lowest BCUT2D eigenvalue weighted by Gasteiger charge is -2.39. The molecule has 2 aliphatic rings. The zero-order valence-electron chi connectivity index (χ0n) is 8.67. The summed E-state index contributed by atoms with van der Waals surface area (Å²) < 4.78 is 0. The van der Waals surface area contributed by atoms with Crippen LogP contribution in [0.5, 0.6) is 0 Å². The van der Waals surface area contributed by atoms with Crippen LogP contribution in [0.2, 0.25) is 0 Å². The molecule has 2 rings (SSSR count). The highest BCUT2D eigenvalue weighted by Crippen LogP contribution is 2.31. The first kappa shape index (κ1) is 9.49. The number of carbonyl (C=O) groups excluding carboxylic acids is 2. The van der Waals surface area contributed by atoms with E-state index in [1.54, 1.807) is 4.90 Å². The third-order valence-corrected chi connectivity index (χ3v) is 3.16. The van der Waals surface area contributed by atoms with Crippen LogP contribution in [0.25, 0.3) is 0 Å². The van der Waals surface area contributed by atoms with Gasteiger partial charge in [-0.2, -0.15) is 0 Å². The van der Waals surface area contributed by atoms with Gasteiger partial charge in [-0.3, -0.25) is 9.59 Å². The SMILES string of the molecule is CCC1(C)NC(=O)CN(C2CC2)C1=O. The predicted octanol–water partition coefficient (Wildman–Crippen LogP) is 0.276. The van der Waals surface area contributed by atoms with E-state index in [-0.39, 0.29) is 18.4 Å². The molecule has 0 aromatic heterocycles. The van der Waals surface area contributed by atoms with Gasteiger partial charge in [-0.1, -0.05) is 6.92 Å². The monoisotopic (exact) mass is 196 g/mol. The minimum absolute atomic E-state index is 0.0270. The lowest BCUT2D eigenvalue weighted by molar-refractivity contribution is -0.149. The Bertz CT molecular complexity index is 286. The van der Waals surface area contributed by atoms with Crippen molar-refractivity contribution in [3.8, 4) is 0 Å². The second kappa shape index (κ2) is 2.97. The molecule has 1 N–H and O–H groups in total. The number of hydrogen-bond acceptors (Lipinski definition) is 2. The van der Waals surface area contributed by atoms with E-state index in [0.29, 0.717) is 12.5 Å². The maximum absolute atomic E-state index is 12.0. The molecular formula is C10H16N2O2. The minimum atomic E-state index is -0.669. The van der Waals surface area contributed by atoms with Gasteiger partial charge in [-0.05, 0) is 26.2 Å². The van der Waals surface area contributed by atoms with Crippen molar-refractivity contribution >= 4 is 11.8 Å². The second-order valence-electron chi connectivity index (χ2n) is 4.40. The van der Waals surface area contributed by atoms with E-state index < -0.39 is 5.54 Å². The van der Waals surface area contributed by atoms with Crippen LogP contribution in [0.3, 0.4) is 0 Å². The third kappa shape index (κ3) is 1.38. The molecule has 0 aromatic carbocycles. The Morgan fingerprint density at radius 1 is 1.50 bits per heavy atom. The molecule has 4 heteroatoms. The summed E-state index contributed by atoms with van der Waals surface area (Å²) in [6.45, 7) is 3.98. The van der Waals surface area contributed by atoms with E-state index in [0.717, 1.165) is 12.8 Å². The first-order chi connectivity index (χ1) is 6.57. The lowest BCUT2D eigenvalue weighted by atomic mass is 9.94. The molecule has 2 fully saturated rings. The summed E-state index contributed by atoms with van der Waals surface area (Å²) in [7, 11) is 0. The number of nitrogens with zero attached hydrogens (tertiary/aromatic N) is 1. The molecule has 1 unspecified atom stereocenters. The summed E-state index contributed by atoms with van der Waals surface area (Å²) in [5.41, 5.74) is -0.669. The van der Waals surface area contributed by atoms with Gasteiger partial charge in [0.25, 0.3) is 0 Å². The van der Waals surface area contributed by atoms with Gasteiger partial charge >= 0.3 is 0 Å². The zero-order chi connectivity index (χ0) is 10.3. The highest BCUT2D eigenvalue weighted by atomic mass is 16.2. The summed E-state index contributed by atoms with van der Waals surface area (Å²) in [5, 5.41) is 2.77. The fourth-order valence-electron chi connectivity index (χ4n) is 1.86. The first-order valence-corrected chi connectivity index (χ1v) is 5.19. The van der Waals surface area contributed by atoms with Crippen LogP contribution in [-0.4, -0.2) is 34.8 Å². The molecule has 78 valence electrons. The van der Waals surface area contributed by atoms with Crippen molar-refractivity contribution in [1.82, 2.24) is 10.2 Å². The Labute approximate surface area is 83.6 Å². The second-order valence-corrected chi connectivity index (χ2v) is 4.40. The van der Waals surface area contributed by atoms with Gasteiger partial charge in [-0.25, -0.2) is 0 Å². The molecule has 14 heavy (non-hydrogen) atoms. The molecule has 4 nitrogen and oxygen atoms in total. The molecular weight excluding hydrogens is 180 g/mol. The van der Waals surface area contributed by atoms with Crippen molar-refractivity contribution in [2.24, 2.45) is 0 Å². The Morgan fingerprint density at radius 3 is 2.64 bits per heavy atom. The van der Waals surface area contributed by atoms with Gasteiger partial charge in [0.2, 0.25) is 11.8 Å². The van der Waals surface area contributed by atoms with Crippen molar-refractivity contribution in [2.45, 2.75) is 44.7 Å². The van der Waals surface area contributed by atoms with Crippen molar-refractivity contribution in [3.63, 3.8) is 0 Å². The molecule has 0 radical (unpaired) electrons. The average Bonchev–Trinajstić information content (AvgIpc) is 2.94. The summed E-state index contributed by atoms with van der Waals surface area (Å²) >= 11 is 0. The molecule has 1 heterocycles. The summed E-state index contributed by atoms with van der Waals surface area (Å²) in [5.74, 6) is 0.0583. The van der Waals surface area contributed by atoms with Crippen LogP contribution in [0.1, 0.15) is 33.1 Å². The Hall–Kier alpha value is -1.06. The Morgan fingerprint density at radius 2 is 2.14 bits per heavy atom. The molecule has 1 aliphatic carbocycles. The molecule has 1 saturated carbocycles. The minimum Gasteiger partial charge on any atom is -0.340 e. The maximum Gasteiger partial charge on any atom is 0.248 e. The smallest absolute Gasteiger partial charge is 0.248 e. The quantitative estimate of drug-likeness (QED) is 0.689. The average molecular weight is 196 g/mol. The van der Waals surface area contributed by atoms with Gasteiger partial charge in [0.1, 0.15) is 5.54 Å². The van der Waals surface area contributed by atoms with E-state index in [4.69, 9.17) is 0 Å². The fraction of sp³-hybridized carbons (Fsp3) is 0.800. The number of nitrogens with one attached hydrogen (secondary N) is 1. The molecule has 0 spiro atoms. The predicted molar refractivity (Wildman–Crippen MR) is 51.6 cm³/mol. The van der Waals surface area contributed by atoms with Crippen LogP contribution in [-0.2, 0) is 9.59 Å². The Kier molecular flexibility index (Phi) is 2.01. The van der Waals surface area contributed by atoms with Crippen LogP contribution in [0.4, 0.5) is 0 Å². The van der Waals surface area contributed by atoms with Crippen molar-refractivity contribution < 1.29 is 9.59 Å². The highest BCUT2D eigenvalue weighted by molar-refractivity contribution is 5.98. The van der Waals surface area contributed by atoms with E-state index in [1.165, 1.54) is 0 Å². The Balaban J connectivity index is 2.20.